The van der Waals surface area contributed by atoms with E-state index in [-0.39, 0.29) is 12.3 Å². The van der Waals surface area contributed by atoms with Gasteiger partial charge in [-0.15, -0.1) is 0 Å². The lowest BCUT2D eigenvalue weighted by atomic mass is 10.0. The van der Waals surface area contributed by atoms with Crippen molar-refractivity contribution in [3.8, 4) is 16.9 Å². The fourth-order valence-corrected chi connectivity index (χ4v) is 4.14. The van der Waals surface area contributed by atoms with Crippen LogP contribution < -0.4 is 4.74 Å². The van der Waals surface area contributed by atoms with Crippen LogP contribution in [0.2, 0.25) is 0 Å². The normalized spacial score (nSPS) is 11.8. The minimum Gasteiger partial charge on any atom is -0.493 e. The second-order valence-corrected chi connectivity index (χ2v) is 9.10. The molecular formula is C32H33N3O4. The first kappa shape index (κ1) is 26.1. The number of nitrogens with zero attached hydrogens (tertiary/aromatic N) is 3. The molecule has 0 bridgehead atoms. The highest BCUT2D eigenvalue weighted by atomic mass is 16.5. The predicted octanol–water partition coefficient (Wildman–Crippen LogP) is 6.05. The number of carbonyl (C=O) groups excluding carboxylic acids is 1. The van der Waals surface area contributed by atoms with Crippen LogP contribution in [0, 0.1) is 0 Å². The smallest absolute Gasteiger partial charge is 0.303 e. The van der Waals surface area contributed by atoms with Crippen molar-refractivity contribution in [3.63, 3.8) is 0 Å². The van der Waals surface area contributed by atoms with Crippen molar-refractivity contribution < 1.29 is 20.8 Å². The zero-order valence-corrected chi connectivity index (χ0v) is 21.8. The molecule has 0 fully saturated rings. The Balaban J connectivity index is 1.52. The summed E-state index contributed by atoms with van der Waals surface area (Å²) in [5.41, 5.74) is 3.91. The third-order valence-electron chi connectivity index (χ3n) is 6.25. The molecule has 0 aliphatic carbocycles. The first-order chi connectivity index (χ1) is 19.5. The second kappa shape index (κ2) is 14.4. The van der Waals surface area contributed by atoms with Gasteiger partial charge < -0.3 is 14.7 Å². The largest absolute Gasteiger partial charge is 0.493 e. The summed E-state index contributed by atoms with van der Waals surface area (Å²) < 4.78 is 15.2. The van der Waals surface area contributed by atoms with E-state index in [1.165, 1.54) is 0 Å². The van der Waals surface area contributed by atoms with Gasteiger partial charge in [-0.05, 0) is 72.9 Å². The molecule has 200 valence electrons. The molecule has 2 aromatic heterocycles. The summed E-state index contributed by atoms with van der Waals surface area (Å²) in [5, 5.41) is 8.82. The van der Waals surface area contributed by atoms with E-state index in [0.29, 0.717) is 49.3 Å². The van der Waals surface area contributed by atoms with Crippen molar-refractivity contribution in [2.75, 3.05) is 13.2 Å². The molecule has 0 spiro atoms. The molecule has 0 saturated heterocycles. The predicted molar refractivity (Wildman–Crippen MR) is 150 cm³/mol. The second-order valence-electron chi connectivity index (χ2n) is 9.10. The topological polar surface area (TPSA) is 92.6 Å². The molecule has 1 N–H and O–H groups in total. The van der Waals surface area contributed by atoms with Crippen molar-refractivity contribution >= 4 is 11.9 Å². The number of hydrogen-bond donors (Lipinski definition) is 1. The lowest BCUT2D eigenvalue weighted by Crippen LogP contribution is -2.32. The van der Waals surface area contributed by atoms with Gasteiger partial charge in [-0.2, -0.15) is 0 Å². The van der Waals surface area contributed by atoms with Crippen molar-refractivity contribution in [1.82, 2.24) is 14.9 Å². The number of rotatable bonds is 14. The summed E-state index contributed by atoms with van der Waals surface area (Å²) in [6, 6.07) is 24.2. The summed E-state index contributed by atoms with van der Waals surface area (Å²) >= 11 is 0. The van der Waals surface area contributed by atoms with Gasteiger partial charge in [-0.25, -0.2) is 0 Å². The molecule has 1 amide bonds. The highest BCUT2D eigenvalue weighted by molar-refractivity contribution is 5.94. The Morgan fingerprint density at radius 2 is 1.59 bits per heavy atom. The zero-order valence-electron chi connectivity index (χ0n) is 22.8. The number of ether oxygens (including phenoxy) is 1. The average Bonchev–Trinajstić information content (AvgIpc) is 3.00. The van der Waals surface area contributed by atoms with Crippen LogP contribution in [-0.2, 0) is 17.7 Å². The van der Waals surface area contributed by atoms with Crippen molar-refractivity contribution in [1.29, 1.82) is 0 Å². The Labute approximate surface area is 230 Å². The Bertz CT molecular complexity index is 1370. The van der Waals surface area contributed by atoms with E-state index in [4.69, 9.17) is 11.2 Å². The molecule has 0 saturated carbocycles. The van der Waals surface area contributed by atoms with Gasteiger partial charge in [0.05, 0.1) is 7.98 Å². The summed E-state index contributed by atoms with van der Waals surface area (Å²) in [4.78, 5) is 34.5. The summed E-state index contributed by atoms with van der Waals surface area (Å²) in [7, 11) is 0. The fourth-order valence-electron chi connectivity index (χ4n) is 4.14. The summed E-state index contributed by atoms with van der Waals surface area (Å²) in [6.45, 7) is -0.291. The number of pyridine rings is 2. The summed E-state index contributed by atoms with van der Waals surface area (Å²) in [5.74, 6) is -0.504. The minimum atomic E-state index is -1.00. The zero-order chi connectivity index (χ0) is 28.2. The van der Waals surface area contributed by atoms with Gasteiger partial charge in [0.1, 0.15) is 5.75 Å². The number of hydrogen-bond acceptors (Lipinski definition) is 5. The van der Waals surface area contributed by atoms with E-state index in [9.17, 15) is 9.59 Å². The van der Waals surface area contributed by atoms with Crippen LogP contribution >= 0.6 is 0 Å². The molecule has 2 aromatic carbocycles. The lowest BCUT2D eigenvalue weighted by Gasteiger charge is -2.24. The number of aromatic nitrogens is 2. The molecule has 0 aliphatic rings. The maximum atomic E-state index is 13.8. The van der Waals surface area contributed by atoms with E-state index in [1.807, 2.05) is 60.7 Å². The van der Waals surface area contributed by atoms with Crippen molar-refractivity contribution in [2.24, 2.45) is 0 Å². The molecular weight excluding hydrogens is 490 g/mol. The average molecular weight is 525 g/mol. The third kappa shape index (κ3) is 8.50. The Hall–Kier alpha value is -4.52. The number of unbranched alkanes of at least 4 members (excludes halogenated alkanes) is 2. The van der Waals surface area contributed by atoms with Gasteiger partial charge in [0.2, 0.25) is 0 Å². The Kier molecular flexibility index (Phi) is 9.66. The molecule has 2 heterocycles. The van der Waals surface area contributed by atoms with E-state index in [1.54, 1.807) is 41.7 Å². The minimum absolute atomic E-state index is 0.141. The van der Waals surface area contributed by atoms with E-state index >= 15 is 0 Å². The van der Waals surface area contributed by atoms with Crippen molar-refractivity contribution in [3.05, 3.63) is 114 Å². The molecule has 4 rings (SSSR count). The van der Waals surface area contributed by atoms with Crippen LogP contribution in [0.15, 0.2) is 97.5 Å². The quantitative estimate of drug-likeness (QED) is 0.202. The first-order valence-corrected chi connectivity index (χ1v) is 13.1. The van der Waals surface area contributed by atoms with Crippen LogP contribution in [0.1, 0.15) is 48.7 Å². The van der Waals surface area contributed by atoms with Gasteiger partial charge in [0.15, 0.2) is 0 Å². The van der Waals surface area contributed by atoms with Gasteiger partial charge in [-0.1, -0.05) is 36.4 Å². The molecule has 4 aromatic rings. The molecule has 39 heavy (non-hydrogen) atoms. The van der Waals surface area contributed by atoms with Crippen LogP contribution in [0.5, 0.6) is 5.75 Å². The van der Waals surface area contributed by atoms with Crippen molar-refractivity contribution in [2.45, 2.75) is 38.6 Å². The van der Waals surface area contributed by atoms with Crippen LogP contribution in [0.3, 0.4) is 0 Å². The third-order valence-corrected chi connectivity index (χ3v) is 6.25. The van der Waals surface area contributed by atoms with Crippen LogP contribution in [0.4, 0.5) is 0 Å². The van der Waals surface area contributed by atoms with Crippen LogP contribution in [0.25, 0.3) is 11.1 Å². The first-order valence-electron chi connectivity index (χ1n) is 13.7. The Morgan fingerprint density at radius 3 is 2.33 bits per heavy atom. The van der Waals surface area contributed by atoms with E-state index in [2.05, 4.69) is 9.97 Å². The molecule has 1 unspecified atom stereocenters. The number of amides is 1. The van der Waals surface area contributed by atoms with Gasteiger partial charge >= 0.3 is 5.97 Å². The van der Waals surface area contributed by atoms with E-state index < -0.39 is 12.5 Å². The Morgan fingerprint density at radius 1 is 0.846 bits per heavy atom. The highest BCUT2D eigenvalue weighted by Crippen LogP contribution is 2.23. The SMILES string of the molecule is [2H]C(c1ccccc1OCCCCCC(=O)O)N(CCc1ccccn1)C(=O)c1ccc(-c2ccncc2)cc1. The fraction of sp³-hybridized carbons (Fsp3) is 0.250. The monoisotopic (exact) mass is 524 g/mol. The standard InChI is InChI=1S/C32H33N3O4/c36-31(37)11-2-1-7-23-39-30-10-4-3-8-28(30)24-35(22-18-29-9-5-6-19-34-29)32(38)27-14-12-25(13-15-27)26-16-20-33-21-17-26/h3-6,8-10,12-17,19-21H,1-2,7,11,18,22-24H2,(H,36,37)/i24D. The maximum Gasteiger partial charge on any atom is 0.303 e. The van der Waals surface area contributed by atoms with Gasteiger partial charge in [-0.3, -0.25) is 19.6 Å². The van der Waals surface area contributed by atoms with Gasteiger partial charge in [0, 0.05) is 61.3 Å². The number of carbonyl (C=O) groups is 2. The molecule has 7 nitrogen and oxygen atoms in total. The van der Waals surface area contributed by atoms with Gasteiger partial charge in [0.25, 0.3) is 5.91 Å². The van der Waals surface area contributed by atoms with Crippen LogP contribution in [-0.4, -0.2) is 45.0 Å². The molecule has 7 heteroatoms. The lowest BCUT2D eigenvalue weighted by molar-refractivity contribution is -0.137. The molecule has 0 radical (unpaired) electrons. The number of carboxylic acids is 1. The summed E-state index contributed by atoms with van der Waals surface area (Å²) in [6.07, 6.45) is 7.86. The molecule has 1 atom stereocenters. The highest BCUT2D eigenvalue weighted by Gasteiger charge is 2.18. The number of carboxylic acid groups (broad SMARTS) is 1. The maximum absolute atomic E-state index is 13.8. The molecule has 0 aliphatic heterocycles. The van der Waals surface area contributed by atoms with E-state index in [0.717, 1.165) is 23.2 Å². The number of para-hydroxylation sites is 1. The number of benzene rings is 2. The number of aliphatic carboxylic acids is 1.